The molecule has 1 saturated heterocycles. The fourth-order valence-electron chi connectivity index (χ4n) is 2.35. The van der Waals surface area contributed by atoms with Crippen LogP contribution in [0.4, 0.5) is 0 Å². The van der Waals surface area contributed by atoms with Gasteiger partial charge in [0.1, 0.15) is 6.10 Å². The van der Waals surface area contributed by atoms with Crippen LogP contribution in [0.5, 0.6) is 0 Å². The Bertz CT molecular complexity index is 402. The van der Waals surface area contributed by atoms with E-state index >= 15 is 0 Å². The van der Waals surface area contributed by atoms with Crippen LogP contribution in [0.25, 0.3) is 0 Å². The van der Waals surface area contributed by atoms with Gasteiger partial charge < -0.3 is 9.64 Å². The minimum atomic E-state index is -0.00218. The van der Waals surface area contributed by atoms with Gasteiger partial charge in [0.25, 0.3) is 0 Å². The van der Waals surface area contributed by atoms with Crippen molar-refractivity contribution in [2.75, 3.05) is 13.1 Å². The Balaban J connectivity index is 2.12. The molecule has 98 valence electrons. The van der Waals surface area contributed by atoms with Crippen LogP contribution >= 0.6 is 0 Å². The molecule has 3 heteroatoms. The van der Waals surface area contributed by atoms with Crippen LogP contribution in [0.1, 0.15) is 32.4 Å². The first-order valence-corrected chi connectivity index (χ1v) is 6.57. The van der Waals surface area contributed by atoms with E-state index in [4.69, 9.17) is 4.74 Å². The predicted octanol–water partition coefficient (Wildman–Crippen LogP) is 2.63. The third-order valence-electron chi connectivity index (χ3n) is 3.24. The zero-order chi connectivity index (χ0) is 13.1. The second-order valence-corrected chi connectivity index (χ2v) is 5.24. The van der Waals surface area contributed by atoms with E-state index in [1.165, 1.54) is 0 Å². The Kier molecular flexibility index (Phi) is 4.02. The molecule has 1 heterocycles. The molecule has 0 bridgehead atoms. The van der Waals surface area contributed by atoms with Crippen molar-refractivity contribution >= 4 is 5.91 Å². The van der Waals surface area contributed by atoms with Gasteiger partial charge in [-0.25, -0.2) is 0 Å². The summed E-state index contributed by atoms with van der Waals surface area (Å²) >= 11 is 0. The minimum Gasteiger partial charge on any atom is -0.367 e. The summed E-state index contributed by atoms with van der Waals surface area (Å²) in [5.41, 5.74) is 1.14. The fourth-order valence-corrected chi connectivity index (χ4v) is 2.35. The van der Waals surface area contributed by atoms with Crippen molar-refractivity contribution < 1.29 is 9.53 Å². The number of carbonyl (C=O) groups is 1. The third kappa shape index (κ3) is 2.91. The molecule has 0 unspecified atom stereocenters. The van der Waals surface area contributed by atoms with Gasteiger partial charge >= 0.3 is 0 Å². The number of amides is 1. The zero-order valence-corrected chi connectivity index (χ0v) is 11.3. The second kappa shape index (κ2) is 5.53. The average Bonchev–Trinajstić information content (AvgIpc) is 2.38. The molecule has 0 aromatic heterocycles. The molecule has 0 spiro atoms. The van der Waals surface area contributed by atoms with Crippen molar-refractivity contribution in [2.24, 2.45) is 5.92 Å². The molecule has 1 fully saturated rings. The van der Waals surface area contributed by atoms with Crippen LogP contribution in [-0.4, -0.2) is 30.0 Å². The largest absolute Gasteiger partial charge is 0.367 e. The highest BCUT2D eigenvalue weighted by atomic mass is 16.5. The van der Waals surface area contributed by atoms with E-state index < -0.39 is 0 Å². The topological polar surface area (TPSA) is 29.5 Å². The van der Waals surface area contributed by atoms with Crippen molar-refractivity contribution in [1.82, 2.24) is 4.90 Å². The molecule has 2 atom stereocenters. The fraction of sp³-hybridized carbons (Fsp3) is 0.533. The molecule has 0 aliphatic carbocycles. The lowest BCUT2D eigenvalue weighted by molar-refractivity contribution is -0.148. The molecule has 2 rings (SSSR count). The Morgan fingerprint density at radius 2 is 1.94 bits per heavy atom. The number of carbonyl (C=O) groups excluding carboxylic acids is 1. The SMILES string of the molecule is CC(C)C(=O)N1C[C@@H](C)O[C@@H](c2ccccc2)C1. The zero-order valence-electron chi connectivity index (χ0n) is 11.3. The van der Waals surface area contributed by atoms with Crippen molar-refractivity contribution in [2.45, 2.75) is 33.0 Å². The van der Waals surface area contributed by atoms with E-state index in [-0.39, 0.29) is 24.0 Å². The van der Waals surface area contributed by atoms with E-state index in [1.54, 1.807) is 0 Å². The van der Waals surface area contributed by atoms with Crippen LogP contribution < -0.4 is 0 Å². The first-order chi connectivity index (χ1) is 8.58. The summed E-state index contributed by atoms with van der Waals surface area (Å²) in [5.74, 6) is 0.262. The lowest BCUT2D eigenvalue weighted by Crippen LogP contribution is -2.47. The quantitative estimate of drug-likeness (QED) is 0.804. The summed E-state index contributed by atoms with van der Waals surface area (Å²) in [7, 11) is 0. The van der Waals surface area contributed by atoms with Gasteiger partial charge in [0, 0.05) is 12.5 Å². The van der Waals surface area contributed by atoms with Crippen molar-refractivity contribution in [3.8, 4) is 0 Å². The normalized spacial score (nSPS) is 24.3. The third-order valence-corrected chi connectivity index (χ3v) is 3.24. The summed E-state index contributed by atoms with van der Waals surface area (Å²) in [6.07, 6.45) is 0.0873. The number of ether oxygens (including phenoxy) is 1. The molecule has 1 aromatic carbocycles. The van der Waals surface area contributed by atoms with Gasteiger partial charge in [-0.2, -0.15) is 0 Å². The molecule has 18 heavy (non-hydrogen) atoms. The van der Waals surface area contributed by atoms with Crippen LogP contribution in [0.15, 0.2) is 30.3 Å². The molecule has 1 amide bonds. The smallest absolute Gasteiger partial charge is 0.225 e. The van der Waals surface area contributed by atoms with E-state index in [0.29, 0.717) is 13.1 Å². The molecule has 0 saturated carbocycles. The highest BCUT2D eigenvalue weighted by molar-refractivity contribution is 5.78. The van der Waals surface area contributed by atoms with Gasteiger partial charge in [-0.3, -0.25) is 4.79 Å². The van der Waals surface area contributed by atoms with Crippen molar-refractivity contribution in [1.29, 1.82) is 0 Å². The van der Waals surface area contributed by atoms with E-state index in [1.807, 2.05) is 43.9 Å². The Hall–Kier alpha value is -1.35. The van der Waals surface area contributed by atoms with Crippen molar-refractivity contribution in [3.05, 3.63) is 35.9 Å². The molecule has 1 aliphatic rings. The summed E-state index contributed by atoms with van der Waals surface area (Å²) in [6, 6.07) is 10.1. The average molecular weight is 247 g/mol. The summed E-state index contributed by atoms with van der Waals surface area (Å²) < 4.78 is 5.94. The van der Waals surface area contributed by atoms with E-state index in [2.05, 4.69) is 12.1 Å². The molecule has 3 nitrogen and oxygen atoms in total. The number of benzene rings is 1. The summed E-state index contributed by atoms with van der Waals surface area (Å²) in [4.78, 5) is 14.0. The number of hydrogen-bond donors (Lipinski definition) is 0. The Morgan fingerprint density at radius 1 is 1.28 bits per heavy atom. The summed E-state index contributed by atoms with van der Waals surface area (Å²) in [5, 5.41) is 0. The second-order valence-electron chi connectivity index (χ2n) is 5.24. The lowest BCUT2D eigenvalue weighted by Gasteiger charge is -2.37. The van der Waals surface area contributed by atoms with Gasteiger partial charge in [0.15, 0.2) is 0 Å². The first kappa shape index (κ1) is 13.1. The van der Waals surface area contributed by atoms with Crippen LogP contribution in [0.3, 0.4) is 0 Å². The summed E-state index contributed by atoms with van der Waals surface area (Å²) in [6.45, 7) is 7.27. The Morgan fingerprint density at radius 3 is 2.56 bits per heavy atom. The van der Waals surface area contributed by atoms with Gasteiger partial charge in [0.05, 0.1) is 12.6 Å². The highest BCUT2D eigenvalue weighted by Gasteiger charge is 2.30. The van der Waals surface area contributed by atoms with Crippen LogP contribution in [-0.2, 0) is 9.53 Å². The number of hydrogen-bond acceptors (Lipinski definition) is 2. The molecule has 1 aromatic rings. The molecule has 1 aliphatic heterocycles. The van der Waals surface area contributed by atoms with Gasteiger partial charge in [-0.15, -0.1) is 0 Å². The van der Waals surface area contributed by atoms with E-state index in [0.717, 1.165) is 5.56 Å². The molecule has 0 radical (unpaired) electrons. The first-order valence-electron chi connectivity index (χ1n) is 6.57. The van der Waals surface area contributed by atoms with Crippen LogP contribution in [0.2, 0.25) is 0 Å². The maximum atomic E-state index is 12.1. The highest BCUT2D eigenvalue weighted by Crippen LogP contribution is 2.25. The standard InChI is InChI=1S/C15H21NO2/c1-11(2)15(17)16-9-12(3)18-14(10-16)13-7-5-4-6-8-13/h4-8,11-12,14H,9-10H2,1-3H3/t12-,14-/m1/s1. The van der Waals surface area contributed by atoms with Crippen LogP contribution in [0, 0.1) is 5.92 Å². The Labute approximate surface area is 109 Å². The molecule has 0 N–H and O–H groups in total. The number of nitrogens with zero attached hydrogens (tertiary/aromatic N) is 1. The maximum Gasteiger partial charge on any atom is 0.225 e. The maximum absolute atomic E-state index is 12.1. The monoisotopic (exact) mass is 247 g/mol. The predicted molar refractivity (Wildman–Crippen MR) is 71.1 cm³/mol. The van der Waals surface area contributed by atoms with E-state index in [9.17, 15) is 4.79 Å². The van der Waals surface area contributed by atoms with Gasteiger partial charge in [-0.05, 0) is 12.5 Å². The van der Waals surface area contributed by atoms with Crippen molar-refractivity contribution in [3.63, 3.8) is 0 Å². The van der Waals surface area contributed by atoms with Gasteiger partial charge in [0.2, 0.25) is 5.91 Å². The number of morpholine rings is 1. The van der Waals surface area contributed by atoms with Gasteiger partial charge in [-0.1, -0.05) is 44.2 Å². The lowest BCUT2D eigenvalue weighted by atomic mass is 10.1. The minimum absolute atomic E-state index is 0.00218. The number of rotatable bonds is 2. The molecular weight excluding hydrogens is 226 g/mol. The molecular formula is C15H21NO2.